The van der Waals surface area contributed by atoms with Crippen molar-refractivity contribution in [3.63, 3.8) is 0 Å². The number of nitrogens with zero attached hydrogens (tertiary/aromatic N) is 4. The second-order valence-electron chi connectivity index (χ2n) is 5.98. The quantitative estimate of drug-likeness (QED) is 0.844. The summed E-state index contributed by atoms with van der Waals surface area (Å²) in [7, 11) is 0. The predicted molar refractivity (Wildman–Crippen MR) is 86.8 cm³/mol. The molecule has 0 radical (unpaired) electrons. The van der Waals surface area contributed by atoms with Crippen molar-refractivity contribution in [2.24, 2.45) is 5.92 Å². The fraction of sp³-hybridized carbons (Fsp3) is 0.667. The summed E-state index contributed by atoms with van der Waals surface area (Å²) in [6.07, 6.45) is 7.05. The maximum absolute atomic E-state index is 12.4. The third-order valence-electron chi connectivity index (χ3n) is 4.32. The molecule has 1 saturated carbocycles. The van der Waals surface area contributed by atoms with Crippen LogP contribution in [0.4, 0.5) is 0 Å². The molecule has 3 rings (SSSR count). The molecule has 1 amide bonds. The van der Waals surface area contributed by atoms with Gasteiger partial charge in [0.25, 0.3) is 0 Å². The number of carbonyl (C=O) groups excluding carboxylic acids is 1. The molecule has 1 aliphatic carbocycles. The van der Waals surface area contributed by atoms with E-state index in [0.717, 1.165) is 30.0 Å². The largest absolute Gasteiger partial charge is 0.345 e. The Morgan fingerprint density at radius 2 is 2.26 bits per heavy atom. The van der Waals surface area contributed by atoms with Gasteiger partial charge in [0.2, 0.25) is 5.91 Å². The van der Waals surface area contributed by atoms with Gasteiger partial charge in [-0.3, -0.25) is 4.79 Å². The van der Waals surface area contributed by atoms with Gasteiger partial charge < -0.3 is 5.32 Å². The lowest BCUT2D eigenvalue weighted by Crippen LogP contribution is -2.36. The number of aromatic amines is 1. The summed E-state index contributed by atoms with van der Waals surface area (Å²) < 4.78 is 0. The van der Waals surface area contributed by atoms with Crippen molar-refractivity contribution in [3.8, 4) is 0 Å². The zero-order valence-corrected chi connectivity index (χ0v) is 14.1. The van der Waals surface area contributed by atoms with Crippen LogP contribution in [0.5, 0.6) is 0 Å². The summed E-state index contributed by atoms with van der Waals surface area (Å²) in [5.74, 6) is 0.933. The zero-order valence-electron chi connectivity index (χ0n) is 13.3. The van der Waals surface area contributed by atoms with Gasteiger partial charge in [0, 0.05) is 5.38 Å². The summed E-state index contributed by atoms with van der Waals surface area (Å²) in [6.45, 7) is 2.07. The van der Waals surface area contributed by atoms with Gasteiger partial charge in [0.05, 0.1) is 23.2 Å². The predicted octanol–water partition coefficient (Wildman–Crippen LogP) is 2.20. The highest BCUT2D eigenvalue weighted by Crippen LogP contribution is 2.33. The lowest BCUT2D eigenvalue weighted by atomic mass is 9.83. The summed E-state index contributed by atoms with van der Waals surface area (Å²) in [4.78, 5) is 16.9. The average molecular weight is 334 g/mol. The maximum atomic E-state index is 12.4. The Balaban J connectivity index is 1.66. The molecule has 1 unspecified atom stereocenters. The molecule has 0 aromatic carbocycles. The normalized spacial score (nSPS) is 17.1. The first-order valence-corrected chi connectivity index (χ1v) is 9.10. The van der Waals surface area contributed by atoms with Crippen molar-refractivity contribution in [1.82, 2.24) is 30.9 Å². The van der Waals surface area contributed by atoms with Crippen LogP contribution in [0.3, 0.4) is 0 Å². The fourth-order valence-electron chi connectivity index (χ4n) is 3.14. The third kappa shape index (κ3) is 4.13. The second kappa shape index (κ2) is 7.63. The Bertz CT molecular complexity index is 620. The van der Waals surface area contributed by atoms with E-state index < -0.39 is 0 Å². The van der Waals surface area contributed by atoms with E-state index in [1.165, 1.54) is 19.3 Å². The minimum atomic E-state index is -0.161. The number of carbonyl (C=O) groups is 1. The highest BCUT2D eigenvalue weighted by Gasteiger charge is 2.29. The standard InChI is InChI=1S/C15H22N6OS/c1-2-13-16-11(9-23-13)8-12(22)17-14(15-18-20-21-19-15)10-6-4-3-5-7-10/h9-10,14H,2-8H2,1H3,(H,17,22)(H,18,19,20,21). The summed E-state index contributed by atoms with van der Waals surface area (Å²) in [6, 6.07) is -0.161. The molecule has 1 atom stereocenters. The van der Waals surface area contributed by atoms with Crippen molar-refractivity contribution in [2.45, 2.75) is 57.9 Å². The van der Waals surface area contributed by atoms with Crippen LogP contribution in [-0.4, -0.2) is 31.5 Å². The summed E-state index contributed by atoms with van der Waals surface area (Å²) >= 11 is 1.61. The number of rotatable bonds is 6. The van der Waals surface area contributed by atoms with Crippen molar-refractivity contribution < 1.29 is 4.79 Å². The van der Waals surface area contributed by atoms with Crippen LogP contribution in [-0.2, 0) is 17.6 Å². The topological polar surface area (TPSA) is 96.5 Å². The lowest BCUT2D eigenvalue weighted by Gasteiger charge is -2.28. The first-order valence-electron chi connectivity index (χ1n) is 8.22. The second-order valence-corrected chi connectivity index (χ2v) is 6.92. The first kappa shape index (κ1) is 16.0. The van der Waals surface area contributed by atoms with Gasteiger partial charge in [-0.15, -0.1) is 21.5 Å². The first-order chi connectivity index (χ1) is 11.3. The molecule has 2 N–H and O–H groups in total. The van der Waals surface area contributed by atoms with Crippen molar-refractivity contribution in [1.29, 1.82) is 0 Å². The number of aryl methyl sites for hydroxylation is 1. The van der Waals surface area contributed by atoms with Gasteiger partial charge in [-0.2, -0.15) is 5.21 Å². The van der Waals surface area contributed by atoms with E-state index >= 15 is 0 Å². The molecule has 0 bridgehead atoms. The monoisotopic (exact) mass is 334 g/mol. The number of hydrogen-bond donors (Lipinski definition) is 2. The van der Waals surface area contributed by atoms with Crippen LogP contribution in [0.25, 0.3) is 0 Å². The number of thiazole rings is 1. The highest BCUT2D eigenvalue weighted by molar-refractivity contribution is 7.09. The van der Waals surface area contributed by atoms with E-state index in [9.17, 15) is 4.79 Å². The molecular formula is C15H22N6OS. The molecule has 23 heavy (non-hydrogen) atoms. The van der Waals surface area contributed by atoms with Crippen LogP contribution in [0, 0.1) is 5.92 Å². The molecule has 1 fully saturated rings. The van der Waals surface area contributed by atoms with Gasteiger partial charge in [-0.1, -0.05) is 31.4 Å². The highest BCUT2D eigenvalue weighted by atomic mass is 32.1. The van der Waals surface area contributed by atoms with Gasteiger partial charge in [-0.05, 0) is 25.2 Å². The molecule has 0 aliphatic heterocycles. The van der Waals surface area contributed by atoms with Crippen molar-refractivity contribution >= 4 is 17.2 Å². The van der Waals surface area contributed by atoms with Gasteiger partial charge in [0.15, 0.2) is 5.82 Å². The molecule has 0 spiro atoms. The SMILES string of the molecule is CCc1nc(CC(=O)NC(c2nn[nH]n2)C2CCCCC2)cs1. The van der Waals surface area contributed by atoms with Crippen LogP contribution >= 0.6 is 11.3 Å². The van der Waals surface area contributed by atoms with E-state index in [-0.39, 0.29) is 11.9 Å². The van der Waals surface area contributed by atoms with E-state index in [1.807, 2.05) is 5.38 Å². The minimum absolute atomic E-state index is 0.0293. The fourth-order valence-corrected chi connectivity index (χ4v) is 3.89. The van der Waals surface area contributed by atoms with Gasteiger partial charge >= 0.3 is 0 Å². The minimum Gasteiger partial charge on any atom is -0.345 e. The zero-order chi connectivity index (χ0) is 16.1. The van der Waals surface area contributed by atoms with Crippen molar-refractivity contribution in [3.05, 3.63) is 21.9 Å². The number of tetrazole rings is 1. The van der Waals surface area contributed by atoms with Gasteiger partial charge in [-0.25, -0.2) is 4.98 Å². The molecule has 7 nitrogen and oxygen atoms in total. The number of H-pyrrole nitrogens is 1. The van der Waals surface area contributed by atoms with E-state index in [2.05, 4.69) is 37.8 Å². The molecule has 124 valence electrons. The Labute approximate surface area is 139 Å². The molecule has 2 aromatic rings. The number of aromatic nitrogens is 5. The average Bonchev–Trinajstić information content (AvgIpc) is 3.25. The number of nitrogens with one attached hydrogen (secondary N) is 2. The van der Waals surface area contributed by atoms with Gasteiger partial charge in [0.1, 0.15) is 0 Å². The molecule has 2 heterocycles. The molecule has 0 saturated heterocycles. The van der Waals surface area contributed by atoms with E-state index in [0.29, 0.717) is 18.2 Å². The van der Waals surface area contributed by atoms with Crippen LogP contribution in [0.2, 0.25) is 0 Å². The Morgan fingerprint density at radius 1 is 1.43 bits per heavy atom. The summed E-state index contributed by atoms with van der Waals surface area (Å²) in [5, 5.41) is 20.5. The van der Waals surface area contributed by atoms with Crippen LogP contribution in [0.1, 0.15) is 61.6 Å². The van der Waals surface area contributed by atoms with E-state index in [1.54, 1.807) is 11.3 Å². The third-order valence-corrected chi connectivity index (χ3v) is 5.36. The van der Waals surface area contributed by atoms with Crippen LogP contribution in [0.15, 0.2) is 5.38 Å². The lowest BCUT2D eigenvalue weighted by molar-refractivity contribution is -0.121. The van der Waals surface area contributed by atoms with Crippen molar-refractivity contribution in [2.75, 3.05) is 0 Å². The number of hydrogen-bond acceptors (Lipinski definition) is 6. The smallest absolute Gasteiger partial charge is 0.226 e. The summed E-state index contributed by atoms with van der Waals surface area (Å²) in [5.41, 5.74) is 0.833. The number of amides is 1. The Kier molecular flexibility index (Phi) is 5.32. The molecular weight excluding hydrogens is 312 g/mol. The Hall–Kier alpha value is -1.83. The Morgan fingerprint density at radius 3 is 2.91 bits per heavy atom. The van der Waals surface area contributed by atoms with Crippen LogP contribution < -0.4 is 5.32 Å². The molecule has 2 aromatic heterocycles. The molecule has 1 aliphatic rings. The maximum Gasteiger partial charge on any atom is 0.226 e. The van der Waals surface area contributed by atoms with E-state index in [4.69, 9.17) is 0 Å². The molecule has 8 heteroatoms.